The van der Waals surface area contributed by atoms with Crippen molar-refractivity contribution in [1.29, 1.82) is 0 Å². The van der Waals surface area contributed by atoms with Gasteiger partial charge in [0, 0.05) is 23.8 Å². The summed E-state index contributed by atoms with van der Waals surface area (Å²) in [5, 5.41) is 9.10. The van der Waals surface area contributed by atoms with Crippen LogP contribution in [0.15, 0.2) is 29.0 Å². The quantitative estimate of drug-likeness (QED) is 0.872. The molecular weight excluding hydrogens is 260 g/mol. The van der Waals surface area contributed by atoms with Gasteiger partial charge in [-0.25, -0.2) is 0 Å². The Kier molecular flexibility index (Phi) is 2.59. The fourth-order valence-electron chi connectivity index (χ4n) is 1.26. The lowest BCUT2D eigenvalue weighted by molar-refractivity contribution is 0.101. The summed E-state index contributed by atoms with van der Waals surface area (Å²) in [6.45, 7) is 0. The van der Waals surface area contributed by atoms with E-state index in [4.69, 9.17) is 0 Å². The van der Waals surface area contributed by atoms with E-state index in [1.165, 1.54) is 0 Å². The molecule has 0 unspecified atom stereocenters. The number of nitrogens with one attached hydrogen (secondary N) is 2. The summed E-state index contributed by atoms with van der Waals surface area (Å²) in [7, 11) is 1.81. The van der Waals surface area contributed by atoms with Gasteiger partial charge in [-0.2, -0.15) is 5.10 Å². The number of hydrogen-bond acceptors (Lipinski definition) is 2. The van der Waals surface area contributed by atoms with Crippen molar-refractivity contribution < 1.29 is 4.79 Å². The minimum atomic E-state index is -0.174. The molecule has 0 aromatic carbocycles. The number of carbonyl (C=O) groups excluding carboxylic acids is 1. The molecule has 1 amide bonds. The molecule has 0 saturated heterocycles. The summed E-state index contributed by atoms with van der Waals surface area (Å²) in [6.07, 6.45) is 3.40. The number of rotatable bonds is 2. The van der Waals surface area contributed by atoms with Crippen LogP contribution in [0.4, 0.5) is 5.82 Å². The topological polar surface area (TPSA) is 62.7 Å². The fraction of sp³-hybridized carbons (Fsp3) is 0.111. The molecule has 2 N–H and O–H groups in total. The molecule has 0 radical (unpaired) electrons. The van der Waals surface area contributed by atoms with Crippen molar-refractivity contribution in [3.63, 3.8) is 0 Å². The first-order valence-corrected chi connectivity index (χ1v) is 5.08. The first-order valence-electron chi connectivity index (χ1n) is 4.29. The van der Waals surface area contributed by atoms with Gasteiger partial charge >= 0.3 is 0 Å². The summed E-state index contributed by atoms with van der Waals surface area (Å²) in [4.78, 5) is 11.7. The SMILES string of the molecule is Cn1cc(Br)cc1C(=O)Nc1ccn[nH]1. The molecule has 0 aliphatic rings. The molecule has 78 valence electrons. The third-order valence-electron chi connectivity index (χ3n) is 1.95. The number of aromatic amines is 1. The van der Waals surface area contributed by atoms with Crippen molar-refractivity contribution in [3.8, 4) is 0 Å². The maximum absolute atomic E-state index is 11.7. The standard InChI is InChI=1S/C9H9BrN4O/c1-14-5-6(10)4-7(14)9(15)12-8-2-3-11-13-8/h2-5H,1H3,(H2,11,12,13,15). The number of nitrogens with zero attached hydrogens (tertiary/aromatic N) is 2. The van der Waals surface area contributed by atoms with Crippen molar-refractivity contribution in [2.45, 2.75) is 0 Å². The van der Waals surface area contributed by atoms with Crippen LogP contribution in [0.2, 0.25) is 0 Å². The number of anilines is 1. The zero-order valence-electron chi connectivity index (χ0n) is 7.99. The molecule has 0 bridgehead atoms. The highest BCUT2D eigenvalue weighted by atomic mass is 79.9. The van der Waals surface area contributed by atoms with Gasteiger partial charge in [0.05, 0.1) is 6.20 Å². The number of aryl methyl sites for hydroxylation is 1. The number of aromatic nitrogens is 3. The van der Waals surface area contributed by atoms with Crippen LogP contribution in [0.25, 0.3) is 0 Å². The monoisotopic (exact) mass is 268 g/mol. The normalized spacial score (nSPS) is 10.3. The second-order valence-electron chi connectivity index (χ2n) is 3.08. The van der Waals surface area contributed by atoms with E-state index in [0.717, 1.165) is 4.47 Å². The lowest BCUT2D eigenvalue weighted by atomic mass is 10.4. The Morgan fingerprint density at radius 2 is 2.47 bits per heavy atom. The van der Waals surface area contributed by atoms with Gasteiger partial charge < -0.3 is 9.88 Å². The van der Waals surface area contributed by atoms with E-state index < -0.39 is 0 Å². The number of carbonyl (C=O) groups is 1. The van der Waals surface area contributed by atoms with Crippen LogP contribution in [-0.4, -0.2) is 20.7 Å². The second kappa shape index (κ2) is 3.90. The van der Waals surface area contributed by atoms with E-state index in [1.54, 1.807) is 22.9 Å². The molecular formula is C9H9BrN4O. The van der Waals surface area contributed by atoms with Crippen LogP contribution < -0.4 is 5.32 Å². The molecule has 0 saturated carbocycles. The number of amides is 1. The molecule has 0 spiro atoms. The molecule has 2 aromatic heterocycles. The zero-order chi connectivity index (χ0) is 10.8. The summed E-state index contributed by atoms with van der Waals surface area (Å²) >= 11 is 3.31. The van der Waals surface area contributed by atoms with Gasteiger partial charge in [0.2, 0.25) is 0 Å². The molecule has 2 rings (SSSR count). The zero-order valence-corrected chi connectivity index (χ0v) is 9.58. The van der Waals surface area contributed by atoms with Crippen LogP contribution in [-0.2, 0) is 7.05 Å². The number of hydrogen-bond donors (Lipinski definition) is 2. The minimum absolute atomic E-state index is 0.174. The largest absolute Gasteiger partial charge is 0.345 e. The number of halogens is 1. The third kappa shape index (κ3) is 2.10. The van der Waals surface area contributed by atoms with Crippen molar-refractivity contribution in [3.05, 3.63) is 34.7 Å². The Bertz CT molecular complexity index is 474. The Hall–Kier alpha value is -1.56. The Morgan fingerprint density at radius 1 is 1.67 bits per heavy atom. The summed E-state index contributed by atoms with van der Waals surface area (Å²) in [6, 6.07) is 3.45. The maximum Gasteiger partial charge on any atom is 0.273 e. The van der Waals surface area contributed by atoms with Gasteiger partial charge in [-0.15, -0.1) is 0 Å². The van der Waals surface area contributed by atoms with Crippen LogP contribution in [0.1, 0.15) is 10.5 Å². The highest BCUT2D eigenvalue weighted by molar-refractivity contribution is 9.10. The van der Waals surface area contributed by atoms with Gasteiger partial charge in [0.15, 0.2) is 0 Å². The van der Waals surface area contributed by atoms with Crippen molar-refractivity contribution in [1.82, 2.24) is 14.8 Å². The molecule has 0 aliphatic carbocycles. The molecule has 2 aromatic rings. The predicted octanol–water partition coefficient (Wildman–Crippen LogP) is 1.76. The average Bonchev–Trinajstić information content (AvgIpc) is 2.75. The highest BCUT2D eigenvalue weighted by Crippen LogP contribution is 2.14. The van der Waals surface area contributed by atoms with Crippen molar-refractivity contribution >= 4 is 27.7 Å². The van der Waals surface area contributed by atoms with Crippen molar-refractivity contribution in [2.24, 2.45) is 7.05 Å². The third-order valence-corrected chi connectivity index (χ3v) is 2.39. The first kappa shape index (κ1) is 9.97. The summed E-state index contributed by atoms with van der Waals surface area (Å²) < 4.78 is 2.62. The Balaban J connectivity index is 2.18. The minimum Gasteiger partial charge on any atom is -0.345 e. The summed E-state index contributed by atoms with van der Waals surface area (Å²) in [5.74, 6) is 0.407. The average molecular weight is 269 g/mol. The lowest BCUT2D eigenvalue weighted by Gasteiger charge is -2.02. The van der Waals surface area contributed by atoms with Gasteiger partial charge in [0.1, 0.15) is 11.5 Å². The maximum atomic E-state index is 11.7. The van der Waals surface area contributed by atoms with E-state index in [0.29, 0.717) is 11.5 Å². The molecule has 15 heavy (non-hydrogen) atoms. The van der Waals surface area contributed by atoms with Crippen LogP contribution in [0.3, 0.4) is 0 Å². The van der Waals surface area contributed by atoms with Gasteiger partial charge in [-0.05, 0) is 22.0 Å². The van der Waals surface area contributed by atoms with Gasteiger partial charge in [-0.3, -0.25) is 9.89 Å². The van der Waals surface area contributed by atoms with E-state index in [9.17, 15) is 4.79 Å². The Labute approximate surface area is 94.6 Å². The molecule has 0 aliphatic heterocycles. The van der Waals surface area contributed by atoms with Crippen molar-refractivity contribution in [2.75, 3.05) is 5.32 Å². The number of H-pyrrole nitrogens is 1. The summed E-state index contributed by atoms with van der Waals surface area (Å²) in [5.41, 5.74) is 0.580. The molecule has 0 atom stereocenters. The smallest absolute Gasteiger partial charge is 0.273 e. The molecule has 0 fully saturated rings. The van der Waals surface area contributed by atoms with Crippen LogP contribution >= 0.6 is 15.9 Å². The van der Waals surface area contributed by atoms with E-state index in [-0.39, 0.29) is 5.91 Å². The predicted molar refractivity (Wildman–Crippen MR) is 59.7 cm³/mol. The van der Waals surface area contributed by atoms with Gasteiger partial charge in [0.25, 0.3) is 5.91 Å². The van der Waals surface area contributed by atoms with Crippen LogP contribution in [0, 0.1) is 0 Å². The Morgan fingerprint density at radius 3 is 3.00 bits per heavy atom. The fourth-order valence-corrected chi connectivity index (χ4v) is 1.79. The lowest BCUT2D eigenvalue weighted by Crippen LogP contribution is -2.15. The highest BCUT2D eigenvalue weighted by Gasteiger charge is 2.11. The molecule has 2 heterocycles. The van der Waals surface area contributed by atoms with E-state index in [1.807, 2.05) is 13.2 Å². The van der Waals surface area contributed by atoms with Gasteiger partial charge in [-0.1, -0.05) is 0 Å². The molecule has 5 nitrogen and oxygen atoms in total. The van der Waals surface area contributed by atoms with E-state index in [2.05, 4.69) is 31.4 Å². The van der Waals surface area contributed by atoms with Crippen LogP contribution in [0.5, 0.6) is 0 Å². The van der Waals surface area contributed by atoms with E-state index >= 15 is 0 Å². The first-order chi connectivity index (χ1) is 7.16. The second-order valence-corrected chi connectivity index (χ2v) is 3.99. The molecule has 6 heteroatoms.